The lowest BCUT2D eigenvalue weighted by Crippen LogP contribution is -2.36. The minimum Gasteiger partial charge on any atom is -0.360 e. The normalized spacial score (nSPS) is 11.7. The van der Waals surface area contributed by atoms with Crippen molar-refractivity contribution in [2.24, 2.45) is 0 Å². The Balaban J connectivity index is 1.98. The van der Waals surface area contributed by atoms with E-state index in [2.05, 4.69) is 10.5 Å². The van der Waals surface area contributed by atoms with Gasteiger partial charge in [-0.3, -0.25) is 4.79 Å². The monoisotopic (exact) mass is 371 g/mol. The van der Waals surface area contributed by atoms with E-state index in [1.165, 1.54) is 7.05 Å². The molecular formula is C15H18ClN3O4S. The number of rotatable bonds is 6. The van der Waals surface area contributed by atoms with Crippen LogP contribution in [0.2, 0.25) is 5.02 Å². The maximum atomic E-state index is 12.5. The molecule has 24 heavy (non-hydrogen) atoms. The van der Waals surface area contributed by atoms with Crippen LogP contribution in [0.3, 0.4) is 0 Å². The molecule has 1 amide bonds. The lowest BCUT2D eigenvalue weighted by Gasteiger charge is -2.17. The SMILES string of the molecule is Cc1noc(C)c1S(=O)(=O)N(C)CCNC(=O)c1cccc(Cl)c1. The molecule has 0 spiro atoms. The molecule has 0 saturated heterocycles. The number of likely N-dealkylation sites (N-methyl/N-ethyl adjacent to an activating group) is 1. The third kappa shape index (κ3) is 3.95. The molecule has 7 nitrogen and oxygen atoms in total. The van der Waals surface area contributed by atoms with Crippen LogP contribution in [0.15, 0.2) is 33.7 Å². The zero-order valence-electron chi connectivity index (χ0n) is 13.5. The Hall–Kier alpha value is -1.90. The average molecular weight is 372 g/mol. The Bertz CT molecular complexity index is 829. The Morgan fingerprint density at radius 3 is 2.67 bits per heavy atom. The summed E-state index contributed by atoms with van der Waals surface area (Å²) in [6, 6.07) is 6.51. The van der Waals surface area contributed by atoms with E-state index in [0.717, 1.165) is 4.31 Å². The first-order valence-corrected chi connectivity index (χ1v) is 8.98. The number of nitrogens with zero attached hydrogens (tertiary/aromatic N) is 2. The first-order valence-electron chi connectivity index (χ1n) is 7.16. The molecule has 0 unspecified atom stereocenters. The van der Waals surface area contributed by atoms with Gasteiger partial charge in [0.15, 0.2) is 5.76 Å². The van der Waals surface area contributed by atoms with Crippen molar-refractivity contribution in [2.45, 2.75) is 18.7 Å². The van der Waals surface area contributed by atoms with Gasteiger partial charge in [0.1, 0.15) is 10.6 Å². The summed E-state index contributed by atoms with van der Waals surface area (Å²) in [7, 11) is -2.28. The van der Waals surface area contributed by atoms with E-state index in [1.807, 2.05) is 0 Å². The third-order valence-corrected chi connectivity index (χ3v) is 5.77. The highest BCUT2D eigenvalue weighted by atomic mass is 35.5. The molecule has 1 aromatic carbocycles. The predicted octanol–water partition coefficient (Wildman–Crippen LogP) is 2.00. The quantitative estimate of drug-likeness (QED) is 0.838. The second-order valence-corrected chi connectivity index (χ2v) is 7.66. The molecule has 0 fully saturated rings. The molecule has 130 valence electrons. The number of nitrogens with one attached hydrogen (secondary N) is 1. The maximum Gasteiger partial charge on any atom is 0.251 e. The highest BCUT2D eigenvalue weighted by molar-refractivity contribution is 7.89. The van der Waals surface area contributed by atoms with Crippen LogP contribution < -0.4 is 5.32 Å². The summed E-state index contributed by atoms with van der Waals surface area (Å²) in [5.74, 6) is -0.0806. The molecule has 1 N–H and O–H groups in total. The van der Waals surface area contributed by atoms with Crippen LogP contribution in [-0.4, -0.2) is 43.9 Å². The van der Waals surface area contributed by atoms with E-state index >= 15 is 0 Å². The number of hydrogen-bond acceptors (Lipinski definition) is 5. The van der Waals surface area contributed by atoms with E-state index in [0.29, 0.717) is 16.3 Å². The summed E-state index contributed by atoms with van der Waals surface area (Å²) >= 11 is 5.84. The molecule has 2 aromatic rings. The molecule has 2 rings (SSSR count). The summed E-state index contributed by atoms with van der Waals surface area (Å²) in [5.41, 5.74) is 0.723. The van der Waals surface area contributed by atoms with Gasteiger partial charge in [-0.1, -0.05) is 22.8 Å². The van der Waals surface area contributed by atoms with Crippen molar-refractivity contribution in [3.8, 4) is 0 Å². The smallest absolute Gasteiger partial charge is 0.251 e. The Labute approximate surface area is 145 Å². The van der Waals surface area contributed by atoms with Crippen molar-refractivity contribution in [1.29, 1.82) is 0 Å². The first kappa shape index (κ1) is 18.4. The van der Waals surface area contributed by atoms with Crippen molar-refractivity contribution in [1.82, 2.24) is 14.8 Å². The summed E-state index contributed by atoms with van der Waals surface area (Å²) in [6.45, 7) is 3.38. The van der Waals surface area contributed by atoms with Crippen LogP contribution in [0.25, 0.3) is 0 Å². The summed E-state index contributed by atoms with van der Waals surface area (Å²) in [6.07, 6.45) is 0. The van der Waals surface area contributed by atoms with Gasteiger partial charge in [0.25, 0.3) is 5.91 Å². The number of amides is 1. The molecule has 0 aliphatic rings. The number of aryl methyl sites for hydroxylation is 2. The number of sulfonamides is 1. The zero-order valence-corrected chi connectivity index (χ0v) is 15.1. The highest BCUT2D eigenvalue weighted by Crippen LogP contribution is 2.21. The average Bonchev–Trinajstić information content (AvgIpc) is 2.86. The minimum atomic E-state index is -3.72. The number of benzene rings is 1. The van der Waals surface area contributed by atoms with E-state index in [4.69, 9.17) is 16.1 Å². The molecule has 0 aliphatic heterocycles. The summed E-state index contributed by atoms with van der Waals surface area (Å²) < 4.78 is 31.1. The maximum absolute atomic E-state index is 12.5. The highest BCUT2D eigenvalue weighted by Gasteiger charge is 2.28. The molecule has 0 bridgehead atoms. The van der Waals surface area contributed by atoms with Crippen molar-refractivity contribution < 1.29 is 17.7 Å². The van der Waals surface area contributed by atoms with Crippen molar-refractivity contribution >= 4 is 27.5 Å². The standard InChI is InChI=1S/C15H18ClN3O4S/c1-10-14(11(2)23-18-10)24(21,22)19(3)8-7-17-15(20)12-5-4-6-13(16)9-12/h4-6,9H,7-8H2,1-3H3,(H,17,20). The Morgan fingerprint density at radius 2 is 2.08 bits per heavy atom. The van der Waals surface area contributed by atoms with Gasteiger partial charge in [-0.15, -0.1) is 0 Å². The third-order valence-electron chi connectivity index (χ3n) is 3.44. The fourth-order valence-electron chi connectivity index (χ4n) is 2.18. The van der Waals surface area contributed by atoms with Gasteiger partial charge >= 0.3 is 0 Å². The van der Waals surface area contributed by atoms with Gasteiger partial charge in [-0.05, 0) is 32.0 Å². The van der Waals surface area contributed by atoms with Gasteiger partial charge in [-0.2, -0.15) is 4.31 Å². The topological polar surface area (TPSA) is 92.5 Å². The van der Waals surface area contributed by atoms with Gasteiger partial charge in [-0.25, -0.2) is 8.42 Å². The number of hydrogen-bond donors (Lipinski definition) is 1. The Morgan fingerprint density at radius 1 is 1.38 bits per heavy atom. The summed E-state index contributed by atoms with van der Waals surface area (Å²) in [5, 5.41) is 6.78. The molecule has 0 atom stereocenters. The van der Waals surface area contributed by atoms with Crippen LogP contribution >= 0.6 is 11.6 Å². The van der Waals surface area contributed by atoms with Crippen molar-refractivity contribution in [2.75, 3.05) is 20.1 Å². The van der Waals surface area contributed by atoms with Crippen LogP contribution in [0, 0.1) is 13.8 Å². The number of carbonyl (C=O) groups excluding carboxylic acids is 1. The van der Waals surface area contributed by atoms with E-state index < -0.39 is 10.0 Å². The van der Waals surface area contributed by atoms with E-state index in [9.17, 15) is 13.2 Å². The van der Waals surface area contributed by atoms with Crippen LogP contribution in [0.5, 0.6) is 0 Å². The Kier molecular flexibility index (Phi) is 5.63. The van der Waals surface area contributed by atoms with Crippen LogP contribution in [0.1, 0.15) is 21.8 Å². The van der Waals surface area contributed by atoms with Crippen molar-refractivity contribution in [3.05, 3.63) is 46.3 Å². The predicted molar refractivity (Wildman–Crippen MR) is 89.6 cm³/mol. The largest absolute Gasteiger partial charge is 0.360 e. The fourth-order valence-corrected chi connectivity index (χ4v) is 3.82. The molecule has 0 aliphatic carbocycles. The second-order valence-electron chi connectivity index (χ2n) is 5.25. The van der Waals surface area contributed by atoms with Gasteiger partial charge in [0.05, 0.1) is 0 Å². The zero-order chi connectivity index (χ0) is 17.9. The number of aromatic nitrogens is 1. The molecule has 9 heteroatoms. The number of carbonyl (C=O) groups is 1. The lowest BCUT2D eigenvalue weighted by molar-refractivity contribution is 0.0952. The molecular weight excluding hydrogens is 354 g/mol. The molecule has 1 heterocycles. The molecule has 0 saturated carbocycles. The second kappa shape index (κ2) is 7.33. The molecule has 0 radical (unpaired) electrons. The van der Waals surface area contributed by atoms with E-state index in [1.54, 1.807) is 38.1 Å². The van der Waals surface area contributed by atoms with Gasteiger partial charge in [0, 0.05) is 30.7 Å². The minimum absolute atomic E-state index is 0.0613. The first-order chi connectivity index (χ1) is 11.2. The summed E-state index contributed by atoms with van der Waals surface area (Å²) in [4.78, 5) is 12.1. The van der Waals surface area contributed by atoms with Crippen LogP contribution in [-0.2, 0) is 10.0 Å². The van der Waals surface area contributed by atoms with Crippen molar-refractivity contribution in [3.63, 3.8) is 0 Å². The van der Waals surface area contributed by atoms with Crippen LogP contribution in [0.4, 0.5) is 0 Å². The molecule has 1 aromatic heterocycles. The lowest BCUT2D eigenvalue weighted by atomic mass is 10.2. The van der Waals surface area contributed by atoms with Gasteiger partial charge in [0.2, 0.25) is 10.0 Å². The fraction of sp³-hybridized carbons (Fsp3) is 0.333. The van der Waals surface area contributed by atoms with E-state index in [-0.39, 0.29) is 29.7 Å². The van der Waals surface area contributed by atoms with Gasteiger partial charge < -0.3 is 9.84 Å². The number of halogens is 1.